The number of nitrogens with zero attached hydrogens (tertiary/aromatic N) is 6. The largest absolute Gasteiger partial charge is 0.461 e. The van der Waals surface area contributed by atoms with E-state index in [0.717, 1.165) is 37.8 Å². The minimum atomic E-state index is -0.877. The van der Waals surface area contributed by atoms with Crippen molar-refractivity contribution in [2.45, 2.75) is 62.2 Å². The van der Waals surface area contributed by atoms with Crippen molar-refractivity contribution in [2.24, 2.45) is 5.92 Å². The zero-order valence-corrected chi connectivity index (χ0v) is 25.2. The summed E-state index contributed by atoms with van der Waals surface area (Å²) in [6, 6.07) is 11.5. The molecule has 232 valence electrons. The van der Waals surface area contributed by atoms with Crippen molar-refractivity contribution in [2.75, 3.05) is 44.2 Å². The van der Waals surface area contributed by atoms with Crippen LogP contribution in [0.2, 0.25) is 0 Å². The van der Waals surface area contributed by atoms with Crippen LogP contribution < -0.4 is 9.64 Å². The lowest BCUT2D eigenvalue weighted by Crippen LogP contribution is -2.55. The number of hydrogen-bond donors (Lipinski definition) is 0. The number of anilines is 1. The van der Waals surface area contributed by atoms with Crippen LogP contribution in [0, 0.1) is 23.1 Å². The van der Waals surface area contributed by atoms with E-state index in [1.807, 2.05) is 23.1 Å². The summed E-state index contributed by atoms with van der Waals surface area (Å²) in [7, 11) is 0. The highest BCUT2D eigenvalue weighted by atomic mass is 19.1. The molecule has 3 saturated heterocycles. The van der Waals surface area contributed by atoms with Crippen LogP contribution >= 0.6 is 0 Å². The van der Waals surface area contributed by atoms with Gasteiger partial charge in [-0.1, -0.05) is 24.8 Å². The summed E-state index contributed by atoms with van der Waals surface area (Å²) in [5.74, 6) is 1.11. The predicted molar refractivity (Wildman–Crippen MR) is 166 cm³/mol. The van der Waals surface area contributed by atoms with E-state index in [0.29, 0.717) is 66.7 Å². The van der Waals surface area contributed by atoms with E-state index in [-0.39, 0.29) is 42.3 Å². The summed E-state index contributed by atoms with van der Waals surface area (Å²) < 4.78 is 37.0. The van der Waals surface area contributed by atoms with Gasteiger partial charge < -0.3 is 14.5 Å². The maximum absolute atomic E-state index is 16.2. The first-order valence-electron chi connectivity index (χ1n) is 16.1. The summed E-state index contributed by atoms with van der Waals surface area (Å²) in [5, 5.41) is 10.1. The molecule has 5 atom stereocenters. The SMILES string of the molecule is C=CC(=O)N1CCN(c2nc(OC[C@@]34CCCN3C[C@H](F)C4)nc3cc(-c4cccc5c4C4CC4C5)c(F)cc23)C[C@@H]1CC#N. The van der Waals surface area contributed by atoms with Crippen molar-refractivity contribution in [1.29, 1.82) is 5.26 Å². The van der Waals surface area contributed by atoms with Gasteiger partial charge in [0, 0.05) is 43.5 Å². The normalized spacial score (nSPS) is 28.5. The average Bonchev–Trinajstić information content (AvgIpc) is 3.36. The molecule has 0 radical (unpaired) electrons. The van der Waals surface area contributed by atoms with Gasteiger partial charge in [0.25, 0.3) is 0 Å². The van der Waals surface area contributed by atoms with Crippen LogP contribution in [0.25, 0.3) is 22.0 Å². The molecule has 10 heteroatoms. The molecule has 4 fully saturated rings. The van der Waals surface area contributed by atoms with Gasteiger partial charge in [0.1, 0.15) is 24.4 Å². The second-order valence-corrected chi connectivity index (χ2v) is 13.4. The number of carbonyl (C=O) groups excluding carboxylic acids is 1. The first-order valence-corrected chi connectivity index (χ1v) is 16.1. The molecule has 3 aromatic rings. The minimum absolute atomic E-state index is 0.144. The van der Waals surface area contributed by atoms with Gasteiger partial charge in [-0.15, -0.1) is 0 Å². The van der Waals surface area contributed by atoms with Crippen molar-refractivity contribution in [3.05, 3.63) is 59.9 Å². The number of benzene rings is 2. The number of piperazine rings is 1. The maximum atomic E-state index is 16.2. The topological polar surface area (TPSA) is 85.6 Å². The Kier molecular flexibility index (Phi) is 6.79. The Balaban J connectivity index is 1.20. The Labute approximate surface area is 261 Å². The fourth-order valence-electron chi connectivity index (χ4n) is 8.58. The fraction of sp³-hybridized carbons (Fsp3) is 0.486. The smallest absolute Gasteiger partial charge is 0.319 e. The predicted octanol–water partition coefficient (Wildman–Crippen LogP) is 5.17. The number of amides is 1. The molecule has 1 amide bonds. The highest BCUT2D eigenvalue weighted by molar-refractivity contribution is 5.94. The molecule has 5 aliphatic rings. The average molecular weight is 611 g/mol. The van der Waals surface area contributed by atoms with E-state index in [2.05, 4.69) is 23.6 Å². The molecule has 3 aliphatic heterocycles. The van der Waals surface area contributed by atoms with Crippen LogP contribution in [0.4, 0.5) is 14.6 Å². The Morgan fingerprint density at radius 2 is 2.09 bits per heavy atom. The van der Waals surface area contributed by atoms with E-state index in [9.17, 15) is 14.4 Å². The molecule has 2 aliphatic carbocycles. The molecule has 4 heterocycles. The Morgan fingerprint density at radius 3 is 2.93 bits per heavy atom. The highest BCUT2D eigenvalue weighted by Gasteiger charge is 2.49. The number of alkyl halides is 1. The van der Waals surface area contributed by atoms with Crippen LogP contribution in [0.3, 0.4) is 0 Å². The standard InChI is InChI=1S/C35H36F2N6O2/c1-2-31(44)43-12-11-41(19-24(43)7-9-38)33-28-15-29(37)27(25-6-3-5-21-13-22-14-26(22)32(21)25)16-30(28)39-34(40-33)45-20-35-8-4-10-42(35)18-23(36)17-35/h2-3,5-6,15-16,22-24,26H,1,4,7-8,10-14,17-20H2/t22?,23-,24+,26?,35+/m1/s1. The van der Waals surface area contributed by atoms with Crippen molar-refractivity contribution in [1.82, 2.24) is 19.8 Å². The third kappa shape index (κ3) is 4.75. The molecule has 2 aromatic carbocycles. The lowest BCUT2D eigenvalue weighted by Gasteiger charge is -2.41. The summed E-state index contributed by atoms with van der Waals surface area (Å²) in [6.07, 6.45) is 5.04. The Morgan fingerprint density at radius 1 is 1.20 bits per heavy atom. The van der Waals surface area contributed by atoms with Crippen LogP contribution in [-0.4, -0.2) is 82.8 Å². The van der Waals surface area contributed by atoms with Gasteiger partial charge in [-0.3, -0.25) is 9.69 Å². The van der Waals surface area contributed by atoms with Crippen molar-refractivity contribution < 1.29 is 18.3 Å². The molecular formula is C35H36F2N6O2. The highest BCUT2D eigenvalue weighted by Crippen LogP contribution is 2.58. The Hall–Kier alpha value is -4.10. The van der Waals surface area contributed by atoms with Crippen LogP contribution in [0.1, 0.15) is 49.1 Å². The van der Waals surface area contributed by atoms with Crippen LogP contribution in [0.15, 0.2) is 43.0 Å². The van der Waals surface area contributed by atoms with Crippen LogP contribution in [-0.2, 0) is 11.2 Å². The zero-order valence-electron chi connectivity index (χ0n) is 25.2. The molecule has 8 nitrogen and oxygen atoms in total. The summed E-state index contributed by atoms with van der Waals surface area (Å²) in [5.41, 5.74) is 4.20. The quantitative estimate of drug-likeness (QED) is 0.342. The monoisotopic (exact) mass is 610 g/mol. The van der Waals surface area contributed by atoms with Crippen molar-refractivity contribution >= 4 is 22.6 Å². The van der Waals surface area contributed by atoms with Gasteiger partial charge in [-0.05, 0) is 79.0 Å². The van der Waals surface area contributed by atoms with Crippen molar-refractivity contribution in [3.63, 3.8) is 0 Å². The first kappa shape index (κ1) is 28.4. The van der Waals surface area contributed by atoms with E-state index in [1.54, 1.807) is 4.90 Å². The maximum Gasteiger partial charge on any atom is 0.319 e. The molecular weight excluding hydrogens is 574 g/mol. The minimum Gasteiger partial charge on any atom is -0.461 e. The van der Waals surface area contributed by atoms with Crippen molar-refractivity contribution in [3.8, 4) is 23.2 Å². The molecule has 1 aromatic heterocycles. The fourth-order valence-corrected chi connectivity index (χ4v) is 8.58. The lowest BCUT2D eigenvalue weighted by atomic mass is 9.93. The molecule has 0 N–H and O–H groups in total. The number of nitriles is 1. The van der Waals surface area contributed by atoms with Gasteiger partial charge >= 0.3 is 6.01 Å². The third-order valence-corrected chi connectivity index (χ3v) is 10.8. The summed E-state index contributed by atoms with van der Waals surface area (Å²) in [6.45, 7) is 6.33. The zero-order chi connectivity index (χ0) is 30.9. The molecule has 0 spiro atoms. The van der Waals surface area contributed by atoms with E-state index in [4.69, 9.17) is 14.7 Å². The van der Waals surface area contributed by atoms with Gasteiger partial charge in [0.05, 0.1) is 29.6 Å². The number of halogens is 2. The molecule has 8 rings (SSSR count). The lowest BCUT2D eigenvalue weighted by molar-refractivity contribution is -0.128. The molecule has 45 heavy (non-hydrogen) atoms. The molecule has 1 saturated carbocycles. The van der Waals surface area contributed by atoms with E-state index < -0.39 is 6.17 Å². The number of fused-ring (bicyclic) bond motifs is 5. The summed E-state index contributed by atoms with van der Waals surface area (Å²) >= 11 is 0. The molecule has 0 bridgehead atoms. The second-order valence-electron chi connectivity index (χ2n) is 13.4. The van der Waals surface area contributed by atoms with Gasteiger partial charge in [0.2, 0.25) is 5.91 Å². The van der Waals surface area contributed by atoms with Gasteiger partial charge in [-0.2, -0.15) is 15.2 Å². The van der Waals surface area contributed by atoms with Crippen LogP contribution in [0.5, 0.6) is 6.01 Å². The Bertz CT molecular complexity index is 1760. The van der Waals surface area contributed by atoms with Gasteiger partial charge in [0.15, 0.2) is 0 Å². The number of carbonyl (C=O) groups is 1. The van der Waals surface area contributed by atoms with Gasteiger partial charge in [-0.25, -0.2) is 8.78 Å². The number of ether oxygens (including phenoxy) is 1. The number of rotatable bonds is 7. The number of hydrogen-bond acceptors (Lipinski definition) is 7. The number of aromatic nitrogens is 2. The molecule has 2 unspecified atom stereocenters. The summed E-state index contributed by atoms with van der Waals surface area (Å²) in [4.78, 5) is 28.1. The van der Waals surface area contributed by atoms with E-state index >= 15 is 4.39 Å². The third-order valence-electron chi connectivity index (χ3n) is 10.8. The van der Waals surface area contributed by atoms with E-state index in [1.165, 1.54) is 23.3 Å². The first-order chi connectivity index (χ1) is 21.9. The second kappa shape index (κ2) is 10.8.